The van der Waals surface area contributed by atoms with Crippen molar-refractivity contribution in [3.8, 4) is 0 Å². The molecule has 0 unspecified atom stereocenters. The number of rotatable bonds is 4. The van der Waals surface area contributed by atoms with Crippen molar-refractivity contribution in [2.75, 3.05) is 0 Å². The van der Waals surface area contributed by atoms with Crippen LogP contribution >= 0.6 is 0 Å². The second-order valence-electron chi connectivity index (χ2n) is 11.8. The summed E-state index contributed by atoms with van der Waals surface area (Å²) in [5.74, 6) is -0.877. The molecule has 0 atom stereocenters. The Morgan fingerprint density at radius 2 is 0.944 bits per heavy atom. The summed E-state index contributed by atoms with van der Waals surface area (Å²) in [5.41, 5.74) is 0.388. The van der Waals surface area contributed by atoms with Crippen molar-refractivity contribution >= 4 is 47.3 Å². The van der Waals surface area contributed by atoms with Gasteiger partial charge in [-0.1, -0.05) is 48.5 Å². The van der Waals surface area contributed by atoms with Crippen molar-refractivity contribution < 1.29 is 9.90 Å². The molecule has 0 bridgehead atoms. The van der Waals surface area contributed by atoms with Crippen LogP contribution in [0, 0.1) is 0 Å². The monoisotopic (exact) mass is 592 g/mol. The van der Waals surface area contributed by atoms with Gasteiger partial charge in [0, 0.05) is 0 Å². The van der Waals surface area contributed by atoms with Gasteiger partial charge >= 0.3 is 134 Å². The van der Waals surface area contributed by atoms with E-state index in [-0.39, 0.29) is 0 Å². The van der Waals surface area contributed by atoms with Gasteiger partial charge in [0.05, 0.1) is 5.56 Å². The second kappa shape index (κ2) is 12.8. The van der Waals surface area contributed by atoms with Gasteiger partial charge in [0.25, 0.3) is 0 Å². The Kier molecular flexibility index (Phi) is 9.27. The van der Waals surface area contributed by atoms with Gasteiger partial charge in [-0.15, -0.1) is 0 Å². The summed E-state index contributed by atoms with van der Waals surface area (Å²) in [5, 5.41) is 12.9. The van der Waals surface area contributed by atoms with Crippen LogP contribution in [-0.2, 0) is 0 Å². The van der Waals surface area contributed by atoms with E-state index in [2.05, 4.69) is 0 Å². The molecule has 3 saturated carbocycles. The number of hydrogen-bond donors (Lipinski definition) is 1. The molecule has 3 heteroatoms. The van der Waals surface area contributed by atoms with Gasteiger partial charge in [-0.3, -0.25) is 0 Å². The maximum Gasteiger partial charge on any atom is 0.336 e. The number of carboxylic acid groups (broad SMARTS) is 1. The van der Waals surface area contributed by atoms with Crippen LogP contribution in [0.3, 0.4) is 0 Å². The Balaban J connectivity index is 0.000000149. The first kappa shape index (κ1) is 26.1. The molecule has 3 aromatic carbocycles. The molecule has 0 radical (unpaired) electrons. The van der Waals surface area contributed by atoms with E-state index in [4.69, 9.17) is 0 Å². The van der Waals surface area contributed by atoms with E-state index in [1.807, 2.05) is 54.6 Å². The maximum absolute atomic E-state index is 11.4. The summed E-state index contributed by atoms with van der Waals surface area (Å²) >= 11 is -1.31. The molecule has 0 saturated heterocycles. The summed E-state index contributed by atoms with van der Waals surface area (Å²) in [6.45, 7) is 0. The average Bonchev–Trinajstić information content (AvgIpc) is 2.94. The predicted molar refractivity (Wildman–Crippen MR) is 156 cm³/mol. The van der Waals surface area contributed by atoms with Gasteiger partial charge in [0.2, 0.25) is 0 Å². The zero-order chi connectivity index (χ0) is 24.7. The van der Waals surface area contributed by atoms with Gasteiger partial charge in [0.1, 0.15) is 0 Å². The first-order valence-electron chi connectivity index (χ1n) is 14.9. The Morgan fingerprint density at radius 1 is 0.583 bits per heavy atom. The van der Waals surface area contributed by atoms with Gasteiger partial charge in [-0.05, 0) is 27.6 Å². The maximum atomic E-state index is 11.4. The first-order valence-corrected chi connectivity index (χ1v) is 20.6. The minimum atomic E-state index is -1.31. The number of benzene rings is 3. The topological polar surface area (TPSA) is 37.3 Å². The molecular weight excluding hydrogens is 547 g/mol. The van der Waals surface area contributed by atoms with E-state index < -0.39 is 25.7 Å². The smallest absolute Gasteiger partial charge is 0.336 e. The zero-order valence-electron chi connectivity index (χ0n) is 22.0. The summed E-state index contributed by atoms with van der Waals surface area (Å²) in [6, 6.07) is 17.2. The quantitative estimate of drug-likeness (QED) is 0.242. The Labute approximate surface area is 224 Å². The third-order valence-corrected chi connectivity index (χ3v) is 24.6. The number of fused-ring (bicyclic) bond motifs is 2. The molecule has 3 aliphatic carbocycles. The summed E-state index contributed by atoms with van der Waals surface area (Å²) in [7, 11) is 0. The van der Waals surface area contributed by atoms with Crippen LogP contribution in [0.1, 0.15) is 107 Å². The SMILES string of the molecule is C1CC[CH]([SnH]([CH]2CCCCC2)[CH]2CCCCC2)CC1.O=C(O)c1c2ccccc2cc2ccccc12. The van der Waals surface area contributed by atoms with E-state index >= 15 is 0 Å². The Morgan fingerprint density at radius 3 is 1.31 bits per heavy atom. The standard InChI is InChI=1S/C15H10O2.3C6H11.Sn.H/c16-15(17)14-12-7-3-1-5-10(12)9-11-6-2-4-8-13(11)14;3*1-2-4-6-5-3-1;;/h1-9H,(H,16,17);3*1H,2-6H2;;. The van der Waals surface area contributed by atoms with E-state index in [0.29, 0.717) is 5.56 Å². The number of hydrogen-bond acceptors (Lipinski definition) is 1. The van der Waals surface area contributed by atoms with Crippen LogP contribution in [0.5, 0.6) is 0 Å². The normalized spacial score (nSPS) is 20.4. The van der Waals surface area contributed by atoms with Gasteiger partial charge < -0.3 is 5.11 Å². The van der Waals surface area contributed by atoms with Gasteiger partial charge in [-0.2, -0.15) is 0 Å². The van der Waals surface area contributed by atoms with E-state index in [1.165, 1.54) is 11.8 Å². The zero-order valence-corrected chi connectivity index (χ0v) is 25.3. The van der Waals surface area contributed by atoms with Crippen LogP contribution in [-0.4, -0.2) is 30.8 Å². The van der Waals surface area contributed by atoms with Gasteiger partial charge in [-0.25, -0.2) is 4.79 Å². The predicted octanol–water partition coefficient (Wildman–Crippen LogP) is 9.91. The number of carbonyl (C=O) groups is 1. The van der Waals surface area contributed by atoms with Crippen molar-refractivity contribution in [3.05, 3.63) is 60.2 Å². The van der Waals surface area contributed by atoms with Crippen molar-refractivity contribution in [2.24, 2.45) is 0 Å². The molecule has 0 aromatic heterocycles. The minimum absolute atomic E-state index is 0.388. The van der Waals surface area contributed by atoms with Crippen LogP contribution in [0.4, 0.5) is 0 Å². The van der Waals surface area contributed by atoms with Crippen LogP contribution in [0.2, 0.25) is 11.8 Å². The van der Waals surface area contributed by atoms with E-state index in [0.717, 1.165) is 21.5 Å². The molecule has 0 aliphatic heterocycles. The average molecular weight is 591 g/mol. The summed E-state index contributed by atoms with van der Waals surface area (Å²) < 4.78 is 4.00. The summed E-state index contributed by atoms with van der Waals surface area (Å²) in [4.78, 5) is 11.4. The second-order valence-corrected chi connectivity index (χ2v) is 23.1. The van der Waals surface area contributed by atoms with Crippen molar-refractivity contribution in [1.29, 1.82) is 0 Å². The molecule has 0 amide bonds. The summed E-state index contributed by atoms with van der Waals surface area (Å²) in [6.07, 6.45) is 24.3. The first-order chi connectivity index (χ1) is 17.7. The van der Waals surface area contributed by atoms with Crippen molar-refractivity contribution in [2.45, 2.75) is 108 Å². The molecule has 2 nitrogen and oxygen atoms in total. The Bertz CT molecular complexity index is 1040. The fraction of sp³-hybridized carbons (Fsp3) is 0.545. The third kappa shape index (κ3) is 6.11. The molecular formula is C33H44O2Sn. The van der Waals surface area contributed by atoms with Crippen molar-refractivity contribution in [3.63, 3.8) is 0 Å². The fourth-order valence-corrected chi connectivity index (χ4v) is 25.2. The minimum Gasteiger partial charge on any atom is -0.478 e. The third-order valence-electron chi connectivity index (χ3n) is 9.57. The van der Waals surface area contributed by atoms with E-state index in [9.17, 15) is 9.90 Å². The Hall–Kier alpha value is -1.55. The number of carboxylic acids is 1. The number of aromatic carboxylic acids is 1. The molecule has 1 N–H and O–H groups in total. The fourth-order valence-electron chi connectivity index (χ4n) is 7.96. The molecule has 3 aromatic rings. The molecule has 6 rings (SSSR count). The van der Waals surface area contributed by atoms with Crippen molar-refractivity contribution in [1.82, 2.24) is 0 Å². The molecule has 36 heavy (non-hydrogen) atoms. The van der Waals surface area contributed by atoms with Crippen LogP contribution in [0.15, 0.2) is 54.6 Å². The van der Waals surface area contributed by atoms with Gasteiger partial charge in [0.15, 0.2) is 0 Å². The van der Waals surface area contributed by atoms with Crippen LogP contribution < -0.4 is 0 Å². The molecule has 0 heterocycles. The van der Waals surface area contributed by atoms with Crippen LogP contribution in [0.25, 0.3) is 21.5 Å². The molecule has 3 aliphatic rings. The largest absolute Gasteiger partial charge is 0.478 e. The van der Waals surface area contributed by atoms with E-state index in [1.54, 1.807) is 96.3 Å². The molecule has 0 spiro atoms. The molecule has 192 valence electrons. The molecule has 3 fully saturated rings.